The largest absolute Gasteiger partial charge is 0.459 e. The second kappa shape index (κ2) is 5.47. The Kier molecular flexibility index (Phi) is 3.48. The normalized spacial score (nSPS) is 18.5. The van der Waals surface area contributed by atoms with Crippen molar-refractivity contribution >= 4 is 11.0 Å². The summed E-state index contributed by atoms with van der Waals surface area (Å²) in [6.07, 6.45) is 6.23. The van der Waals surface area contributed by atoms with Crippen molar-refractivity contribution in [3.8, 4) is 0 Å². The van der Waals surface area contributed by atoms with Gasteiger partial charge in [-0.1, -0.05) is 6.07 Å². The zero-order chi connectivity index (χ0) is 14.2. The van der Waals surface area contributed by atoms with Crippen molar-refractivity contribution in [1.82, 2.24) is 5.32 Å². The summed E-state index contributed by atoms with van der Waals surface area (Å²) < 4.78 is 11.3. The van der Waals surface area contributed by atoms with Gasteiger partial charge in [-0.2, -0.15) is 0 Å². The van der Waals surface area contributed by atoms with Crippen molar-refractivity contribution in [3.05, 3.63) is 35.1 Å². The Morgan fingerprint density at radius 2 is 2.10 bits per heavy atom. The molecule has 3 nitrogen and oxygen atoms in total. The Balaban J connectivity index is 1.66. The summed E-state index contributed by atoms with van der Waals surface area (Å²) in [5.41, 5.74) is 3.86. The van der Waals surface area contributed by atoms with Gasteiger partial charge in [0, 0.05) is 24.1 Å². The van der Waals surface area contributed by atoms with E-state index in [1.54, 1.807) is 7.11 Å². The van der Waals surface area contributed by atoms with Crippen LogP contribution in [0, 0.1) is 0 Å². The Bertz CT molecular complexity index is 638. The summed E-state index contributed by atoms with van der Waals surface area (Å²) in [5, 5.41) is 4.92. The molecule has 2 aliphatic carbocycles. The highest BCUT2D eigenvalue weighted by Gasteiger charge is 2.31. The van der Waals surface area contributed by atoms with E-state index in [-0.39, 0.29) is 0 Å². The van der Waals surface area contributed by atoms with Gasteiger partial charge >= 0.3 is 0 Å². The molecule has 0 aliphatic heterocycles. The first-order chi connectivity index (χ1) is 10.3. The Hall–Kier alpha value is -1.32. The van der Waals surface area contributed by atoms with Crippen LogP contribution in [0.15, 0.2) is 22.6 Å². The van der Waals surface area contributed by atoms with Gasteiger partial charge in [-0.25, -0.2) is 0 Å². The molecule has 0 bridgehead atoms. The lowest BCUT2D eigenvalue weighted by atomic mass is 10.0. The molecule has 0 spiro atoms. The van der Waals surface area contributed by atoms with Gasteiger partial charge in [0.25, 0.3) is 0 Å². The van der Waals surface area contributed by atoms with Crippen molar-refractivity contribution < 1.29 is 9.15 Å². The molecule has 0 amide bonds. The average Bonchev–Trinajstić information content (AvgIpc) is 3.41. The van der Waals surface area contributed by atoms with Crippen molar-refractivity contribution in [2.24, 2.45) is 0 Å². The molecule has 0 saturated heterocycles. The fourth-order valence-electron chi connectivity index (χ4n) is 3.07. The molecule has 2 aliphatic rings. The van der Waals surface area contributed by atoms with E-state index in [1.807, 2.05) is 0 Å². The highest BCUT2D eigenvalue weighted by molar-refractivity contribution is 5.84. The number of hydrogen-bond acceptors (Lipinski definition) is 3. The standard InChI is InChI=1S/C18H23NO2/c1-20-9-8-12-2-7-16-15(10-12)18(13-3-4-13)17(21-16)11-19-14-5-6-14/h2,7,10,13-14,19H,3-6,8-9,11H2,1H3. The minimum Gasteiger partial charge on any atom is -0.459 e. The third kappa shape index (κ3) is 2.85. The molecular formula is C18H23NO2. The first kappa shape index (κ1) is 13.4. The molecular weight excluding hydrogens is 262 g/mol. The van der Waals surface area contributed by atoms with E-state index in [2.05, 4.69) is 23.5 Å². The highest BCUT2D eigenvalue weighted by Crippen LogP contribution is 2.46. The molecule has 2 fully saturated rings. The quantitative estimate of drug-likeness (QED) is 0.841. The number of nitrogens with one attached hydrogen (secondary N) is 1. The fraction of sp³-hybridized carbons (Fsp3) is 0.556. The lowest BCUT2D eigenvalue weighted by Crippen LogP contribution is -2.15. The lowest BCUT2D eigenvalue weighted by molar-refractivity contribution is 0.202. The molecule has 0 unspecified atom stereocenters. The summed E-state index contributed by atoms with van der Waals surface area (Å²) in [5.74, 6) is 1.89. The van der Waals surface area contributed by atoms with Crippen LogP contribution in [-0.4, -0.2) is 19.8 Å². The minimum absolute atomic E-state index is 0.722. The number of fused-ring (bicyclic) bond motifs is 1. The SMILES string of the molecule is COCCc1ccc2oc(CNC3CC3)c(C3CC3)c2c1. The smallest absolute Gasteiger partial charge is 0.134 e. The maximum Gasteiger partial charge on any atom is 0.134 e. The van der Waals surface area contributed by atoms with E-state index in [9.17, 15) is 0 Å². The first-order valence-corrected chi connectivity index (χ1v) is 8.11. The number of ether oxygens (including phenoxy) is 1. The van der Waals surface area contributed by atoms with Crippen LogP contribution in [0.1, 0.15) is 48.5 Å². The number of benzene rings is 1. The van der Waals surface area contributed by atoms with Gasteiger partial charge in [-0.05, 0) is 55.7 Å². The van der Waals surface area contributed by atoms with Gasteiger partial charge in [-0.3, -0.25) is 0 Å². The van der Waals surface area contributed by atoms with Gasteiger partial charge in [0.15, 0.2) is 0 Å². The molecule has 1 heterocycles. The van der Waals surface area contributed by atoms with Gasteiger partial charge in [-0.15, -0.1) is 0 Å². The molecule has 112 valence electrons. The predicted molar refractivity (Wildman–Crippen MR) is 83.6 cm³/mol. The van der Waals surface area contributed by atoms with E-state index in [4.69, 9.17) is 9.15 Å². The average molecular weight is 285 g/mol. The van der Waals surface area contributed by atoms with Crippen LogP contribution >= 0.6 is 0 Å². The van der Waals surface area contributed by atoms with Crippen molar-refractivity contribution in [3.63, 3.8) is 0 Å². The topological polar surface area (TPSA) is 34.4 Å². The summed E-state index contributed by atoms with van der Waals surface area (Å²) in [7, 11) is 1.76. The molecule has 0 radical (unpaired) electrons. The zero-order valence-corrected chi connectivity index (χ0v) is 12.7. The van der Waals surface area contributed by atoms with Crippen molar-refractivity contribution in [2.45, 2.75) is 50.6 Å². The maximum atomic E-state index is 6.14. The summed E-state index contributed by atoms with van der Waals surface area (Å²) in [4.78, 5) is 0. The van der Waals surface area contributed by atoms with E-state index in [1.165, 1.54) is 48.0 Å². The summed E-state index contributed by atoms with van der Waals surface area (Å²) in [6.45, 7) is 1.66. The molecule has 1 aromatic heterocycles. The van der Waals surface area contributed by atoms with Crippen LogP contribution in [0.4, 0.5) is 0 Å². The van der Waals surface area contributed by atoms with Gasteiger partial charge < -0.3 is 14.5 Å². The molecule has 1 aromatic carbocycles. The molecule has 21 heavy (non-hydrogen) atoms. The predicted octanol–water partition coefficient (Wildman–Crippen LogP) is 3.75. The molecule has 2 aromatic rings. The zero-order valence-electron chi connectivity index (χ0n) is 12.7. The van der Waals surface area contributed by atoms with E-state index < -0.39 is 0 Å². The summed E-state index contributed by atoms with van der Waals surface area (Å²) >= 11 is 0. The van der Waals surface area contributed by atoms with Crippen molar-refractivity contribution in [1.29, 1.82) is 0 Å². The van der Waals surface area contributed by atoms with Crippen LogP contribution in [-0.2, 0) is 17.7 Å². The second-order valence-electron chi connectivity index (χ2n) is 6.44. The molecule has 0 atom stereocenters. The van der Waals surface area contributed by atoms with E-state index >= 15 is 0 Å². The van der Waals surface area contributed by atoms with Crippen LogP contribution < -0.4 is 5.32 Å². The number of rotatable bonds is 7. The number of methoxy groups -OCH3 is 1. The lowest BCUT2D eigenvalue weighted by Gasteiger charge is -2.03. The number of furan rings is 1. The van der Waals surface area contributed by atoms with Crippen LogP contribution in [0.2, 0.25) is 0 Å². The third-order valence-corrected chi connectivity index (χ3v) is 4.58. The van der Waals surface area contributed by atoms with E-state index in [0.717, 1.165) is 37.1 Å². The third-order valence-electron chi connectivity index (χ3n) is 4.58. The van der Waals surface area contributed by atoms with Crippen LogP contribution in [0.3, 0.4) is 0 Å². The highest BCUT2D eigenvalue weighted by atomic mass is 16.5. The number of hydrogen-bond donors (Lipinski definition) is 1. The van der Waals surface area contributed by atoms with Gasteiger partial charge in [0.2, 0.25) is 0 Å². The summed E-state index contributed by atoms with van der Waals surface area (Å²) in [6, 6.07) is 7.33. The van der Waals surface area contributed by atoms with Crippen LogP contribution in [0.25, 0.3) is 11.0 Å². The van der Waals surface area contributed by atoms with Crippen molar-refractivity contribution in [2.75, 3.05) is 13.7 Å². The van der Waals surface area contributed by atoms with Gasteiger partial charge in [0.1, 0.15) is 11.3 Å². The maximum absolute atomic E-state index is 6.14. The fourth-order valence-corrected chi connectivity index (χ4v) is 3.07. The van der Waals surface area contributed by atoms with E-state index in [0.29, 0.717) is 0 Å². The second-order valence-corrected chi connectivity index (χ2v) is 6.44. The molecule has 1 N–H and O–H groups in total. The Morgan fingerprint density at radius 3 is 2.81 bits per heavy atom. The Morgan fingerprint density at radius 1 is 1.24 bits per heavy atom. The molecule has 4 rings (SSSR count). The Labute approximate surface area is 125 Å². The van der Waals surface area contributed by atoms with Gasteiger partial charge in [0.05, 0.1) is 13.2 Å². The first-order valence-electron chi connectivity index (χ1n) is 8.11. The molecule has 2 saturated carbocycles. The monoisotopic (exact) mass is 285 g/mol. The van der Waals surface area contributed by atoms with Crippen LogP contribution in [0.5, 0.6) is 0 Å². The molecule has 3 heteroatoms. The minimum atomic E-state index is 0.722.